The van der Waals surface area contributed by atoms with Crippen molar-refractivity contribution in [3.05, 3.63) is 54.4 Å². The predicted octanol–water partition coefficient (Wildman–Crippen LogP) is 4.76. The fourth-order valence-corrected chi connectivity index (χ4v) is 4.76. The van der Waals surface area contributed by atoms with Gasteiger partial charge in [0.25, 0.3) is 0 Å². The van der Waals surface area contributed by atoms with E-state index in [2.05, 4.69) is 10.6 Å². The highest BCUT2D eigenvalue weighted by Gasteiger charge is 2.52. The van der Waals surface area contributed by atoms with Crippen molar-refractivity contribution in [2.24, 2.45) is 5.92 Å². The number of hydrogen-bond donors (Lipinski definition) is 0. The number of amides is 1. The number of fused-ring (bicyclic) bond motifs is 1. The van der Waals surface area contributed by atoms with E-state index >= 15 is 0 Å². The maximum Gasteiger partial charge on any atom is 0.227 e. The van der Waals surface area contributed by atoms with E-state index in [4.69, 9.17) is 32.9 Å². The molecular formula is C22H21Cl2N3O2. The van der Waals surface area contributed by atoms with E-state index in [0.29, 0.717) is 25.3 Å². The van der Waals surface area contributed by atoms with Crippen LogP contribution in [0.4, 0.5) is 5.69 Å². The van der Waals surface area contributed by atoms with E-state index < -0.39 is 4.33 Å². The topological polar surface area (TPSA) is 47.4 Å². The number of aromatic nitrogens is 2. The quantitative estimate of drug-likeness (QED) is 0.549. The first kappa shape index (κ1) is 18.8. The highest BCUT2D eigenvalue weighted by atomic mass is 35.5. The second-order valence-electron chi connectivity index (χ2n) is 7.81. The van der Waals surface area contributed by atoms with E-state index in [-0.39, 0.29) is 17.7 Å². The molecule has 3 aromatic rings. The first-order chi connectivity index (χ1) is 14.0. The molecule has 1 aromatic heterocycles. The fraction of sp³-hybridized carbons (Fsp3) is 0.364. The van der Waals surface area contributed by atoms with Crippen LogP contribution in [0.25, 0.3) is 11.0 Å². The smallest absolute Gasteiger partial charge is 0.227 e. The van der Waals surface area contributed by atoms with Crippen molar-refractivity contribution < 1.29 is 9.53 Å². The molecule has 0 bridgehead atoms. The zero-order valence-corrected chi connectivity index (χ0v) is 17.5. The molecule has 2 aliphatic rings. The molecule has 150 valence electrons. The summed E-state index contributed by atoms with van der Waals surface area (Å²) >= 11 is 12.6. The van der Waals surface area contributed by atoms with Crippen LogP contribution in [0.3, 0.4) is 0 Å². The molecule has 1 saturated heterocycles. The zero-order chi connectivity index (χ0) is 20.2. The Morgan fingerprint density at radius 2 is 1.90 bits per heavy atom. The van der Waals surface area contributed by atoms with Crippen LogP contribution in [0.1, 0.15) is 24.6 Å². The molecule has 5 nitrogen and oxygen atoms in total. The van der Waals surface area contributed by atoms with E-state index in [1.54, 1.807) is 12.0 Å². The van der Waals surface area contributed by atoms with Gasteiger partial charge in [0, 0.05) is 31.3 Å². The van der Waals surface area contributed by atoms with E-state index in [9.17, 15) is 4.79 Å². The number of hydrogen-bond acceptors (Lipinski definition) is 3. The number of imidazole rings is 1. The molecule has 2 heterocycles. The molecule has 0 unspecified atom stereocenters. The van der Waals surface area contributed by atoms with Gasteiger partial charge in [0.15, 0.2) is 0 Å². The minimum atomic E-state index is -0.655. The van der Waals surface area contributed by atoms with Gasteiger partial charge in [0.2, 0.25) is 5.91 Å². The lowest BCUT2D eigenvalue weighted by atomic mass is 10.1. The maximum atomic E-state index is 12.9. The molecule has 5 rings (SSSR count). The normalized spacial score (nSPS) is 23.0. The van der Waals surface area contributed by atoms with Crippen LogP contribution in [0.2, 0.25) is 0 Å². The molecule has 29 heavy (non-hydrogen) atoms. The van der Waals surface area contributed by atoms with Crippen LogP contribution in [0.5, 0.6) is 5.75 Å². The van der Waals surface area contributed by atoms with Crippen LogP contribution in [-0.2, 0) is 11.3 Å². The zero-order valence-electron chi connectivity index (χ0n) is 16.0. The number of rotatable bonds is 5. The maximum absolute atomic E-state index is 12.9. The Balaban J connectivity index is 1.50. The van der Waals surface area contributed by atoms with Gasteiger partial charge < -0.3 is 14.2 Å². The van der Waals surface area contributed by atoms with Crippen LogP contribution in [-0.4, -0.2) is 33.4 Å². The highest BCUT2D eigenvalue weighted by Crippen LogP contribution is 2.54. The molecule has 0 spiro atoms. The van der Waals surface area contributed by atoms with Gasteiger partial charge in [-0.25, -0.2) is 4.98 Å². The summed E-state index contributed by atoms with van der Waals surface area (Å²) < 4.78 is 7.01. The Kier molecular flexibility index (Phi) is 4.48. The third-order valence-corrected chi connectivity index (χ3v) is 6.83. The molecule has 1 aliphatic heterocycles. The van der Waals surface area contributed by atoms with Crippen LogP contribution in [0.15, 0.2) is 48.5 Å². The number of alkyl halides is 2. The minimum Gasteiger partial charge on any atom is -0.495 e. The lowest BCUT2D eigenvalue weighted by Gasteiger charge is -2.20. The number of halogens is 2. The van der Waals surface area contributed by atoms with Crippen molar-refractivity contribution in [1.29, 1.82) is 0 Å². The summed E-state index contributed by atoms with van der Waals surface area (Å²) in [5, 5.41) is 0. The van der Waals surface area contributed by atoms with E-state index in [1.165, 1.54) is 0 Å². The largest absolute Gasteiger partial charge is 0.495 e. The Bertz CT molecular complexity index is 1090. The van der Waals surface area contributed by atoms with Crippen molar-refractivity contribution in [2.45, 2.75) is 29.6 Å². The summed E-state index contributed by atoms with van der Waals surface area (Å²) in [7, 11) is 1.62. The van der Waals surface area contributed by atoms with Gasteiger partial charge in [-0.05, 0) is 30.7 Å². The number of ether oxygens (including phenoxy) is 1. The second kappa shape index (κ2) is 6.92. The molecule has 0 N–H and O–H groups in total. The molecule has 2 aromatic carbocycles. The van der Waals surface area contributed by atoms with E-state index in [1.807, 2.05) is 42.5 Å². The van der Waals surface area contributed by atoms with Crippen LogP contribution >= 0.6 is 23.2 Å². The number of carbonyl (C=O) groups excluding carboxylic acids is 1. The summed E-state index contributed by atoms with van der Waals surface area (Å²) in [6.07, 6.45) is 1.19. The van der Waals surface area contributed by atoms with Gasteiger partial charge in [-0.2, -0.15) is 0 Å². The molecule has 2 atom stereocenters. The number of anilines is 1. The molecule has 1 aliphatic carbocycles. The van der Waals surface area contributed by atoms with Crippen molar-refractivity contribution in [1.82, 2.24) is 9.55 Å². The van der Waals surface area contributed by atoms with E-state index in [0.717, 1.165) is 29.0 Å². The Morgan fingerprint density at radius 1 is 1.17 bits per heavy atom. The summed E-state index contributed by atoms with van der Waals surface area (Å²) in [5.74, 6) is 1.90. The van der Waals surface area contributed by atoms with Crippen molar-refractivity contribution in [3.8, 4) is 5.75 Å². The third kappa shape index (κ3) is 3.26. The molecular weight excluding hydrogens is 409 g/mol. The summed E-state index contributed by atoms with van der Waals surface area (Å²) in [6, 6.07) is 15.7. The molecule has 7 heteroatoms. The number of benzene rings is 2. The number of para-hydroxylation sites is 4. The van der Waals surface area contributed by atoms with Gasteiger partial charge in [0.1, 0.15) is 15.9 Å². The monoisotopic (exact) mass is 429 g/mol. The van der Waals surface area contributed by atoms with Crippen molar-refractivity contribution in [3.63, 3.8) is 0 Å². The van der Waals surface area contributed by atoms with Crippen LogP contribution < -0.4 is 9.64 Å². The minimum absolute atomic E-state index is 0.00128. The average molecular weight is 430 g/mol. The summed E-state index contributed by atoms with van der Waals surface area (Å²) in [4.78, 5) is 19.6. The number of carbonyl (C=O) groups is 1. The number of nitrogens with zero attached hydrogens (tertiary/aromatic N) is 3. The van der Waals surface area contributed by atoms with Gasteiger partial charge in [-0.15, -0.1) is 23.2 Å². The first-order valence-corrected chi connectivity index (χ1v) is 10.5. The Labute approximate surface area is 179 Å². The summed E-state index contributed by atoms with van der Waals surface area (Å²) in [6.45, 7) is 1.28. The van der Waals surface area contributed by atoms with Crippen molar-refractivity contribution in [2.75, 3.05) is 18.6 Å². The first-order valence-electron chi connectivity index (χ1n) is 9.74. The van der Waals surface area contributed by atoms with Gasteiger partial charge in [-0.1, -0.05) is 24.3 Å². The average Bonchev–Trinajstić information content (AvgIpc) is 3.04. The Morgan fingerprint density at radius 3 is 2.66 bits per heavy atom. The van der Waals surface area contributed by atoms with Crippen LogP contribution in [0, 0.1) is 5.92 Å². The van der Waals surface area contributed by atoms with Gasteiger partial charge in [0.05, 0.1) is 23.8 Å². The number of methoxy groups -OCH3 is 1. The van der Waals surface area contributed by atoms with Gasteiger partial charge >= 0.3 is 0 Å². The summed E-state index contributed by atoms with van der Waals surface area (Å²) in [5.41, 5.74) is 2.79. The third-order valence-electron chi connectivity index (χ3n) is 5.91. The second-order valence-corrected chi connectivity index (χ2v) is 9.35. The molecule has 1 amide bonds. The lowest BCUT2D eigenvalue weighted by molar-refractivity contribution is -0.117. The highest BCUT2D eigenvalue weighted by molar-refractivity contribution is 6.50. The lowest BCUT2D eigenvalue weighted by Crippen LogP contribution is -2.25. The van der Waals surface area contributed by atoms with Crippen molar-refractivity contribution >= 4 is 45.8 Å². The fourth-order valence-electron chi connectivity index (χ4n) is 4.25. The predicted molar refractivity (Wildman–Crippen MR) is 115 cm³/mol. The standard InChI is InChI=1S/C22H21Cl2N3O2/c1-29-19-9-5-4-8-18(19)26-12-14(10-20(26)28)21-25-16-6-2-3-7-17(16)27(21)13-15-11-22(15,23)24/h2-9,14-15H,10-13H2,1H3/t14-,15-/m1/s1. The molecule has 0 radical (unpaired) electrons. The molecule has 1 saturated carbocycles. The molecule has 2 fully saturated rings. The van der Waals surface area contributed by atoms with Gasteiger partial charge in [-0.3, -0.25) is 4.79 Å². The SMILES string of the molecule is COc1ccccc1N1C[C@H](c2nc3ccccc3n2C[C@H]2CC2(Cl)Cl)CC1=O. The Hall–Kier alpha value is -2.24.